The fraction of sp³-hybridized carbons (Fsp3) is 0.486. The van der Waals surface area contributed by atoms with E-state index in [9.17, 15) is 23.1 Å². The van der Waals surface area contributed by atoms with Gasteiger partial charge < -0.3 is 25.0 Å². The van der Waals surface area contributed by atoms with Crippen molar-refractivity contribution in [3.8, 4) is 11.8 Å². The first-order valence-electron chi connectivity index (χ1n) is 16.4. The number of carbonyl (C=O) groups is 2. The largest absolute Gasteiger partial charge is 0.497 e. The van der Waals surface area contributed by atoms with Crippen molar-refractivity contribution in [1.29, 1.82) is 5.26 Å². The molecule has 1 fully saturated rings. The molecule has 0 bridgehead atoms. The van der Waals surface area contributed by atoms with E-state index in [0.717, 1.165) is 5.56 Å². The summed E-state index contributed by atoms with van der Waals surface area (Å²) in [5.74, 6) is -0.206. The summed E-state index contributed by atoms with van der Waals surface area (Å²) in [7, 11) is -2.51. The summed E-state index contributed by atoms with van der Waals surface area (Å²) in [6, 6.07) is 15.5. The van der Waals surface area contributed by atoms with Gasteiger partial charge in [-0.3, -0.25) is 4.79 Å². The number of amides is 3. The summed E-state index contributed by atoms with van der Waals surface area (Å²) in [4.78, 5) is 35.4. The zero-order valence-electron chi connectivity index (χ0n) is 28.7. The zero-order chi connectivity index (χ0) is 35.7. The first-order chi connectivity index (χ1) is 23.3. The van der Waals surface area contributed by atoms with Crippen LogP contribution < -0.4 is 10.1 Å². The van der Waals surface area contributed by atoms with Gasteiger partial charge in [-0.2, -0.15) is 9.57 Å². The average molecular weight is 711 g/mol. The van der Waals surface area contributed by atoms with Gasteiger partial charge in [-0.15, -0.1) is 11.3 Å². The highest BCUT2D eigenvalue weighted by Crippen LogP contribution is 2.24. The Morgan fingerprint density at radius 1 is 1.10 bits per heavy atom. The third-order valence-corrected chi connectivity index (χ3v) is 11.0. The van der Waals surface area contributed by atoms with Gasteiger partial charge in [-0.25, -0.2) is 18.2 Å². The number of aromatic nitrogens is 1. The highest BCUT2D eigenvalue weighted by atomic mass is 32.2. The lowest BCUT2D eigenvalue weighted by atomic mass is 9.97. The maximum atomic E-state index is 14.1. The fourth-order valence-corrected chi connectivity index (χ4v) is 8.25. The van der Waals surface area contributed by atoms with Crippen LogP contribution in [0.15, 0.2) is 64.9 Å². The van der Waals surface area contributed by atoms with Crippen LogP contribution in [0.3, 0.4) is 0 Å². The number of carbonyl (C=O) groups excluding carboxylic acids is 2. The molecular weight excluding hydrogens is 665 g/mol. The normalized spacial score (nSPS) is 15.5. The topological polar surface area (TPSA) is 156 Å². The molecule has 0 radical (unpaired) electrons. The molecule has 0 saturated carbocycles. The molecule has 0 aliphatic carbocycles. The number of nitrogens with one attached hydrogen (secondary N) is 1. The van der Waals surface area contributed by atoms with Crippen molar-refractivity contribution in [1.82, 2.24) is 24.4 Å². The van der Waals surface area contributed by atoms with Crippen LogP contribution in [0.25, 0.3) is 0 Å². The Kier molecular flexibility index (Phi) is 13.2. The monoisotopic (exact) mass is 710 g/mol. The molecule has 1 aromatic heterocycles. The van der Waals surface area contributed by atoms with Crippen molar-refractivity contribution in [2.24, 2.45) is 11.8 Å². The second kappa shape index (κ2) is 17.1. The number of urea groups is 1. The summed E-state index contributed by atoms with van der Waals surface area (Å²) in [5.41, 5.74) is 1.54. The summed E-state index contributed by atoms with van der Waals surface area (Å²) in [6.07, 6.45) is -0.827. The molecule has 2 N–H and O–H groups in total. The SMILES string of the molecule is COc1ccc(S(=O)(=O)N(CC(C)C)C[C@H](O)[C@H](Cc2ccccc2)NC(=O)[C@H](C(C)C)N2CCN(Cc3csc(CC#N)n3)C2=O)cc1. The molecule has 1 aliphatic rings. The Hall–Kier alpha value is -4.03. The molecule has 0 spiro atoms. The van der Waals surface area contributed by atoms with E-state index in [1.165, 1.54) is 34.9 Å². The molecule has 0 unspecified atom stereocenters. The molecule has 1 aliphatic heterocycles. The zero-order valence-corrected chi connectivity index (χ0v) is 30.3. The minimum atomic E-state index is -4.01. The van der Waals surface area contributed by atoms with E-state index in [2.05, 4.69) is 16.4 Å². The van der Waals surface area contributed by atoms with Gasteiger partial charge in [0.05, 0.1) is 48.9 Å². The standard InChI is InChI=1S/C35H46N6O6S2/c1-24(2)20-40(49(45,46)29-13-11-28(47-5)12-14-29)22-31(42)30(19-26-9-7-6-8-10-26)38-34(43)33(25(3)4)41-18-17-39(35(41)44)21-27-23-48-32(37-27)15-16-36/h6-14,23-25,30-31,33,42H,15,17-22H2,1-5H3,(H,38,43)/t30-,31-,33-/m0/s1. The van der Waals surface area contributed by atoms with E-state index < -0.39 is 34.1 Å². The third-order valence-electron chi connectivity index (χ3n) is 8.29. The number of rotatable bonds is 17. The maximum absolute atomic E-state index is 14.1. The van der Waals surface area contributed by atoms with Crippen molar-refractivity contribution in [3.63, 3.8) is 0 Å². The van der Waals surface area contributed by atoms with Gasteiger partial charge in [0.25, 0.3) is 0 Å². The number of aliphatic hydroxyl groups excluding tert-OH is 1. The quantitative estimate of drug-likeness (QED) is 0.214. The van der Waals surface area contributed by atoms with Crippen LogP contribution >= 0.6 is 11.3 Å². The average Bonchev–Trinajstić information content (AvgIpc) is 3.66. The second-order valence-electron chi connectivity index (χ2n) is 12.9. The number of sulfonamides is 1. The molecule has 3 aromatic rings. The number of aliphatic hydroxyl groups is 1. The molecule has 2 aromatic carbocycles. The number of hydrogen-bond donors (Lipinski definition) is 2. The minimum absolute atomic E-state index is 0.0425. The molecule has 4 rings (SSSR count). The van der Waals surface area contributed by atoms with E-state index in [-0.39, 0.29) is 55.2 Å². The van der Waals surface area contributed by atoms with Crippen LogP contribution in [0.4, 0.5) is 4.79 Å². The van der Waals surface area contributed by atoms with E-state index in [0.29, 0.717) is 29.5 Å². The predicted molar refractivity (Wildman–Crippen MR) is 187 cm³/mol. The number of hydrogen-bond acceptors (Lipinski definition) is 9. The Morgan fingerprint density at radius 2 is 1.80 bits per heavy atom. The van der Waals surface area contributed by atoms with Crippen molar-refractivity contribution >= 4 is 33.3 Å². The summed E-state index contributed by atoms with van der Waals surface area (Å²) in [6.45, 7) is 8.43. The van der Waals surface area contributed by atoms with E-state index in [4.69, 9.17) is 10.00 Å². The minimum Gasteiger partial charge on any atom is -0.497 e. The van der Waals surface area contributed by atoms with Gasteiger partial charge in [0.1, 0.15) is 16.8 Å². The van der Waals surface area contributed by atoms with Crippen molar-refractivity contribution in [2.75, 3.05) is 33.3 Å². The molecule has 264 valence electrons. The maximum Gasteiger partial charge on any atom is 0.321 e. The van der Waals surface area contributed by atoms with E-state index in [1.807, 2.05) is 63.4 Å². The lowest BCUT2D eigenvalue weighted by Crippen LogP contribution is -2.57. The van der Waals surface area contributed by atoms with Crippen LogP contribution in [0, 0.1) is 23.2 Å². The number of ether oxygens (including phenoxy) is 1. The predicted octanol–water partition coefficient (Wildman–Crippen LogP) is 3.92. The van der Waals surface area contributed by atoms with Gasteiger partial charge >= 0.3 is 6.03 Å². The van der Waals surface area contributed by atoms with Gasteiger partial charge in [-0.05, 0) is 48.1 Å². The summed E-state index contributed by atoms with van der Waals surface area (Å²) < 4.78 is 34.1. The third kappa shape index (κ3) is 9.78. The Labute approximate surface area is 293 Å². The van der Waals surface area contributed by atoms with Crippen LogP contribution in [0.5, 0.6) is 5.75 Å². The highest BCUT2D eigenvalue weighted by Gasteiger charge is 2.40. The first kappa shape index (κ1) is 37.8. The van der Waals surface area contributed by atoms with Crippen molar-refractivity contribution in [3.05, 3.63) is 76.2 Å². The molecular formula is C35H46N6O6S2. The Bertz CT molecular complexity index is 1690. The first-order valence-corrected chi connectivity index (χ1v) is 18.7. The van der Waals surface area contributed by atoms with E-state index in [1.54, 1.807) is 21.9 Å². The molecule has 49 heavy (non-hydrogen) atoms. The van der Waals surface area contributed by atoms with Crippen LogP contribution in [0.2, 0.25) is 0 Å². The van der Waals surface area contributed by atoms with Gasteiger partial charge in [0.15, 0.2) is 0 Å². The number of methoxy groups -OCH3 is 1. The lowest BCUT2D eigenvalue weighted by molar-refractivity contribution is -0.128. The molecule has 3 amide bonds. The van der Waals surface area contributed by atoms with Crippen LogP contribution in [-0.4, -0.2) is 96.0 Å². The molecule has 1 saturated heterocycles. The fourth-order valence-electron chi connectivity index (χ4n) is 5.91. The van der Waals surface area contributed by atoms with Crippen LogP contribution in [-0.2, 0) is 34.2 Å². The summed E-state index contributed by atoms with van der Waals surface area (Å²) >= 11 is 1.38. The van der Waals surface area contributed by atoms with Crippen molar-refractivity contribution in [2.45, 2.75) is 70.2 Å². The Balaban J connectivity index is 1.55. The van der Waals surface area contributed by atoms with E-state index >= 15 is 0 Å². The Morgan fingerprint density at radius 3 is 2.41 bits per heavy atom. The van der Waals surface area contributed by atoms with Crippen molar-refractivity contribution < 1.29 is 27.9 Å². The molecule has 3 atom stereocenters. The highest BCUT2D eigenvalue weighted by molar-refractivity contribution is 7.89. The molecule has 2 heterocycles. The lowest BCUT2D eigenvalue weighted by Gasteiger charge is -2.34. The van der Waals surface area contributed by atoms with Gasteiger partial charge in [0.2, 0.25) is 15.9 Å². The number of thiazole rings is 1. The van der Waals surface area contributed by atoms with Crippen LogP contribution in [0.1, 0.15) is 44.0 Å². The van der Waals surface area contributed by atoms with Gasteiger partial charge in [0, 0.05) is 31.6 Å². The molecule has 12 nitrogen and oxygen atoms in total. The molecule has 14 heteroatoms. The number of benzene rings is 2. The number of nitriles is 1. The van der Waals surface area contributed by atoms with Gasteiger partial charge in [-0.1, -0.05) is 58.0 Å². The summed E-state index contributed by atoms with van der Waals surface area (Å²) in [5, 5.41) is 26.2. The number of nitrogens with zero attached hydrogens (tertiary/aromatic N) is 5. The smallest absolute Gasteiger partial charge is 0.321 e. The second-order valence-corrected chi connectivity index (χ2v) is 15.8.